The second-order valence-electron chi connectivity index (χ2n) is 9.49. The number of anilines is 1. The molecule has 2 unspecified atom stereocenters. The number of aliphatic hydroxyl groups excluding tert-OH is 1. The number of nitrogens with zero attached hydrogens (tertiary/aromatic N) is 5. The van der Waals surface area contributed by atoms with Crippen LogP contribution in [-0.2, 0) is 0 Å². The average molecular weight is 497 g/mol. The molecular weight excluding hydrogens is 475 g/mol. The molecule has 1 aromatic carbocycles. The van der Waals surface area contributed by atoms with E-state index in [-0.39, 0.29) is 23.4 Å². The quantitative estimate of drug-likeness (QED) is 0.434. The number of para-hydroxylation sites is 1. The van der Waals surface area contributed by atoms with E-state index in [0.717, 1.165) is 0 Å². The molecule has 6 rings (SSSR count). The number of hydrogen-bond acceptors (Lipinski definition) is 7. The van der Waals surface area contributed by atoms with E-state index in [2.05, 4.69) is 15.0 Å². The summed E-state index contributed by atoms with van der Waals surface area (Å²) >= 11 is 0. The number of imidazole rings is 1. The first-order valence-electron chi connectivity index (χ1n) is 11.4. The van der Waals surface area contributed by atoms with Crippen LogP contribution >= 0.6 is 0 Å². The third kappa shape index (κ3) is 3.75. The summed E-state index contributed by atoms with van der Waals surface area (Å²) in [4.78, 5) is 14.9. The fourth-order valence-electron chi connectivity index (χ4n) is 5.14. The Labute approximate surface area is 203 Å². The molecule has 1 saturated heterocycles. The number of halogens is 3. The van der Waals surface area contributed by atoms with E-state index in [9.17, 15) is 19.0 Å². The number of β-amino-alcohol motifs (C(OH)–C–C–N with tert-alkyl or cyclic N) is 1. The minimum Gasteiger partial charge on any atom is -0.435 e. The van der Waals surface area contributed by atoms with Crippen LogP contribution in [0.2, 0.25) is 0 Å². The molecule has 0 saturated carbocycles. The third-order valence-corrected chi connectivity index (χ3v) is 6.69. The van der Waals surface area contributed by atoms with Crippen LogP contribution in [0.15, 0.2) is 48.9 Å². The van der Waals surface area contributed by atoms with Gasteiger partial charge in [0.2, 0.25) is 5.95 Å². The first-order chi connectivity index (χ1) is 17.2. The molecule has 4 aromatic rings. The first kappa shape index (κ1) is 22.7. The Hall–Kier alpha value is -3.70. The number of fused-ring (bicyclic) bond motifs is 3. The van der Waals surface area contributed by atoms with Gasteiger partial charge >= 0.3 is 6.61 Å². The first-order valence-corrected chi connectivity index (χ1v) is 11.4. The maximum atomic E-state index is 15.1. The zero-order valence-electron chi connectivity index (χ0n) is 19.1. The van der Waals surface area contributed by atoms with Gasteiger partial charge in [0.25, 0.3) is 0 Å². The smallest absolute Gasteiger partial charge is 0.387 e. The molecule has 8 nitrogen and oxygen atoms in total. The van der Waals surface area contributed by atoms with E-state index >= 15 is 4.39 Å². The van der Waals surface area contributed by atoms with E-state index in [1.807, 2.05) is 4.90 Å². The summed E-state index contributed by atoms with van der Waals surface area (Å²) in [5, 5.41) is 20.6. The lowest BCUT2D eigenvalue weighted by atomic mass is 9.95. The van der Waals surface area contributed by atoms with Gasteiger partial charge in [0.05, 0.1) is 36.2 Å². The van der Waals surface area contributed by atoms with Crippen LogP contribution in [0.25, 0.3) is 16.8 Å². The van der Waals surface area contributed by atoms with Crippen molar-refractivity contribution >= 4 is 11.6 Å². The molecule has 0 amide bonds. The monoisotopic (exact) mass is 497 g/mol. The van der Waals surface area contributed by atoms with E-state index in [1.165, 1.54) is 24.5 Å². The van der Waals surface area contributed by atoms with Gasteiger partial charge in [0.1, 0.15) is 17.2 Å². The fraction of sp³-hybridized carbons (Fsp3) is 0.320. The number of rotatable bonds is 5. The van der Waals surface area contributed by atoms with Crippen molar-refractivity contribution < 1.29 is 28.1 Å². The largest absolute Gasteiger partial charge is 0.435 e. The van der Waals surface area contributed by atoms with Crippen molar-refractivity contribution in [3.63, 3.8) is 0 Å². The van der Waals surface area contributed by atoms with E-state index in [1.54, 1.807) is 35.7 Å². The van der Waals surface area contributed by atoms with Gasteiger partial charge in [0, 0.05) is 47.3 Å². The van der Waals surface area contributed by atoms with Crippen molar-refractivity contribution in [3.05, 3.63) is 71.7 Å². The maximum Gasteiger partial charge on any atom is 0.387 e. The second-order valence-corrected chi connectivity index (χ2v) is 9.49. The highest BCUT2D eigenvalue weighted by Gasteiger charge is 2.39. The van der Waals surface area contributed by atoms with Gasteiger partial charge < -0.3 is 24.3 Å². The summed E-state index contributed by atoms with van der Waals surface area (Å²) in [7, 11) is 0. The van der Waals surface area contributed by atoms with Crippen LogP contribution < -0.4 is 9.64 Å². The Balaban J connectivity index is 1.41. The molecule has 0 radical (unpaired) electrons. The zero-order valence-corrected chi connectivity index (χ0v) is 19.1. The molecule has 2 aliphatic rings. The minimum absolute atomic E-state index is 0.0174. The van der Waals surface area contributed by atoms with E-state index < -0.39 is 30.1 Å². The predicted octanol–water partition coefficient (Wildman–Crippen LogP) is 3.67. The summed E-state index contributed by atoms with van der Waals surface area (Å²) in [6, 6.07) is 7.70. The van der Waals surface area contributed by atoms with Crippen molar-refractivity contribution in [2.45, 2.75) is 37.6 Å². The molecule has 0 bridgehead atoms. The van der Waals surface area contributed by atoms with Gasteiger partial charge in [-0.1, -0.05) is 18.2 Å². The molecule has 1 aliphatic heterocycles. The van der Waals surface area contributed by atoms with Gasteiger partial charge in [-0.15, -0.1) is 0 Å². The number of benzene rings is 1. The lowest BCUT2D eigenvalue weighted by Crippen LogP contribution is -2.60. The highest BCUT2D eigenvalue weighted by atomic mass is 19.3. The Bertz CT molecular complexity index is 1450. The van der Waals surface area contributed by atoms with Crippen molar-refractivity contribution in [3.8, 4) is 16.9 Å². The minimum atomic E-state index is -3.00. The number of alkyl halides is 2. The highest BCUT2D eigenvalue weighted by Crippen LogP contribution is 2.47. The van der Waals surface area contributed by atoms with Gasteiger partial charge in [-0.25, -0.2) is 19.3 Å². The zero-order chi connectivity index (χ0) is 25.2. The molecule has 1 fully saturated rings. The van der Waals surface area contributed by atoms with Crippen molar-refractivity contribution in [2.24, 2.45) is 0 Å². The van der Waals surface area contributed by atoms with E-state index in [4.69, 9.17) is 4.74 Å². The molecule has 36 heavy (non-hydrogen) atoms. The van der Waals surface area contributed by atoms with Crippen LogP contribution in [0, 0.1) is 5.82 Å². The lowest BCUT2D eigenvalue weighted by Gasteiger charge is -2.44. The molecule has 186 valence electrons. The molecule has 1 aliphatic carbocycles. The molecule has 11 heteroatoms. The molecular formula is C25H22F3N5O3. The summed E-state index contributed by atoms with van der Waals surface area (Å²) < 4.78 is 47.6. The number of aromatic nitrogens is 4. The van der Waals surface area contributed by atoms with Crippen LogP contribution in [-0.4, -0.2) is 54.9 Å². The normalized spacial score (nSPS) is 20.6. The molecule has 0 spiro atoms. The summed E-state index contributed by atoms with van der Waals surface area (Å²) in [6.45, 7) is -0.443. The van der Waals surface area contributed by atoms with Crippen LogP contribution in [0.1, 0.15) is 42.3 Å². The van der Waals surface area contributed by atoms with Gasteiger partial charge in [-0.3, -0.25) is 0 Å². The van der Waals surface area contributed by atoms with Gasteiger partial charge in [0.15, 0.2) is 0 Å². The Morgan fingerprint density at radius 1 is 1.17 bits per heavy atom. The molecule has 2 atom stereocenters. The number of pyridine rings is 1. The van der Waals surface area contributed by atoms with Crippen LogP contribution in [0.3, 0.4) is 0 Å². The predicted molar refractivity (Wildman–Crippen MR) is 124 cm³/mol. The van der Waals surface area contributed by atoms with Crippen LogP contribution in [0.4, 0.5) is 19.1 Å². The topological polar surface area (TPSA) is 96.0 Å². The van der Waals surface area contributed by atoms with E-state index in [0.29, 0.717) is 41.6 Å². The third-order valence-electron chi connectivity index (χ3n) is 6.69. The summed E-state index contributed by atoms with van der Waals surface area (Å²) in [6.07, 6.45) is 3.87. The fourth-order valence-corrected chi connectivity index (χ4v) is 5.14. The van der Waals surface area contributed by atoms with Crippen LogP contribution in [0.5, 0.6) is 5.75 Å². The standard InChI is InChI=1S/C25H22F3N5O3/c1-25(35)11-32(12-25)24-29-8-13(9-30-24)16-10-33-20(7-17(16)26)31-21-18(34)6-15(22(21)33)14-4-2-3-5-19(14)36-23(27)28/h2-5,7-10,15,18,23,34-35H,6,11-12H2,1H3. The SMILES string of the molecule is CC1(O)CN(c2ncc(-c3cn4c5c(nc4cc3F)C(O)CC5c3ccccc3OC(F)F)cn2)C1. The maximum absolute atomic E-state index is 15.1. The highest BCUT2D eigenvalue weighted by molar-refractivity contribution is 5.66. The molecule has 4 heterocycles. The lowest BCUT2D eigenvalue weighted by molar-refractivity contribution is -0.0506. The van der Waals surface area contributed by atoms with Crippen molar-refractivity contribution in [2.75, 3.05) is 18.0 Å². The second kappa shape index (κ2) is 8.17. The number of ether oxygens (including phenoxy) is 1. The van der Waals surface area contributed by atoms with Crippen molar-refractivity contribution in [1.82, 2.24) is 19.4 Å². The summed E-state index contributed by atoms with van der Waals surface area (Å²) in [5.41, 5.74) is 1.62. The van der Waals surface area contributed by atoms with Gasteiger partial charge in [-0.2, -0.15) is 8.78 Å². The number of aliphatic hydroxyl groups is 2. The number of hydrogen-bond donors (Lipinski definition) is 2. The Kier molecular flexibility index (Phi) is 5.16. The summed E-state index contributed by atoms with van der Waals surface area (Å²) in [5.74, 6) is -0.573. The Morgan fingerprint density at radius 2 is 1.89 bits per heavy atom. The molecule has 2 N–H and O–H groups in total. The van der Waals surface area contributed by atoms with Gasteiger partial charge in [-0.05, 0) is 19.4 Å². The molecule has 3 aromatic heterocycles. The van der Waals surface area contributed by atoms with Crippen molar-refractivity contribution in [1.29, 1.82) is 0 Å². The average Bonchev–Trinajstić information content (AvgIpc) is 3.34. The Morgan fingerprint density at radius 3 is 2.58 bits per heavy atom.